The molecule has 0 aliphatic carbocycles. The molecule has 8 nitrogen and oxygen atoms in total. The minimum absolute atomic E-state index is 0.165. The highest BCUT2D eigenvalue weighted by Gasteiger charge is 2.33. The SMILES string of the molecule is NCCC1CN(c2ccc3c(n2)NC(O)CO3)C(=O)O1. The van der Waals surface area contributed by atoms with Gasteiger partial charge in [0.25, 0.3) is 0 Å². The smallest absolute Gasteiger partial charge is 0.415 e. The number of amides is 1. The number of aliphatic hydroxyl groups excluding tert-OH is 1. The molecule has 2 atom stereocenters. The van der Waals surface area contributed by atoms with E-state index in [0.717, 1.165) is 0 Å². The fraction of sp³-hybridized carbons (Fsp3) is 0.500. The summed E-state index contributed by atoms with van der Waals surface area (Å²) in [6, 6.07) is 3.39. The number of nitrogens with two attached hydrogens (primary N) is 1. The Morgan fingerprint density at radius 2 is 2.40 bits per heavy atom. The number of pyridine rings is 1. The lowest BCUT2D eigenvalue weighted by Gasteiger charge is -2.24. The number of rotatable bonds is 3. The normalized spacial score (nSPS) is 24.7. The number of carbonyl (C=O) groups is 1. The highest BCUT2D eigenvalue weighted by Crippen LogP contribution is 2.30. The molecule has 3 heterocycles. The number of hydrogen-bond acceptors (Lipinski definition) is 7. The molecule has 0 radical (unpaired) electrons. The van der Waals surface area contributed by atoms with Crippen molar-refractivity contribution < 1.29 is 19.4 Å². The lowest BCUT2D eigenvalue weighted by Crippen LogP contribution is -2.32. The number of cyclic esters (lactones) is 1. The lowest BCUT2D eigenvalue weighted by atomic mass is 10.2. The van der Waals surface area contributed by atoms with Gasteiger partial charge in [0.05, 0.1) is 6.54 Å². The Morgan fingerprint density at radius 1 is 1.55 bits per heavy atom. The van der Waals surface area contributed by atoms with E-state index in [1.807, 2.05) is 0 Å². The number of carbonyl (C=O) groups excluding carboxylic acids is 1. The Kier molecular flexibility index (Phi) is 3.33. The number of nitrogens with one attached hydrogen (secondary N) is 1. The molecule has 1 saturated heterocycles. The van der Waals surface area contributed by atoms with Gasteiger partial charge in [-0.25, -0.2) is 9.78 Å². The van der Waals surface area contributed by atoms with Crippen LogP contribution in [0.25, 0.3) is 0 Å². The van der Waals surface area contributed by atoms with Gasteiger partial charge in [0.2, 0.25) is 0 Å². The predicted octanol–water partition coefficient (Wildman–Crippen LogP) is -0.122. The molecule has 1 aromatic heterocycles. The van der Waals surface area contributed by atoms with Crippen LogP contribution in [0.15, 0.2) is 12.1 Å². The van der Waals surface area contributed by atoms with Crippen molar-refractivity contribution >= 4 is 17.7 Å². The number of ether oxygens (including phenoxy) is 2. The first-order valence-electron chi connectivity index (χ1n) is 6.44. The molecule has 108 valence electrons. The molecule has 1 fully saturated rings. The molecule has 3 rings (SSSR count). The third kappa shape index (κ3) is 2.35. The highest BCUT2D eigenvalue weighted by atomic mass is 16.6. The van der Waals surface area contributed by atoms with Gasteiger partial charge in [-0.05, 0) is 25.1 Å². The summed E-state index contributed by atoms with van der Waals surface area (Å²) in [5.74, 6) is 1.42. The molecule has 0 aromatic carbocycles. The number of aromatic nitrogens is 1. The van der Waals surface area contributed by atoms with E-state index in [1.165, 1.54) is 4.90 Å². The van der Waals surface area contributed by atoms with Crippen molar-refractivity contribution in [1.82, 2.24) is 4.98 Å². The molecule has 0 saturated carbocycles. The molecular formula is C12H16N4O4. The summed E-state index contributed by atoms with van der Waals surface area (Å²) in [6.45, 7) is 1.05. The summed E-state index contributed by atoms with van der Waals surface area (Å²) in [5.41, 5.74) is 5.46. The molecule has 0 bridgehead atoms. The van der Waals surface area contributed by atoms with Gasteiger partial charge in [0.1, 0.15) is 18.5 Å². The van der Waals surface area contributed by atoms with E-state index >= 15 is 0 Å². The zero-order valence-electron chi connectivity index (χ0n) is 10.8. The van der Waals surface area contributed by atoms with Crippen molar-refractivity contribution in [3.8, 4) is 5.75 Å². The Hall–Kier alpha value is -2.06. The van der Waals surface area contributed by atoms with Crippen molar-refractivity contribution in [2.75, 3.05) is 29.9 Å². The molecule has 8 heteroatoms. The Balaban J connectivity index is 1.81. The van der Waals surface area contributed by atoms with Crippen LogP contribution in [-0.4, -0.2) is 48.2 Å². The van der Waals surface area contributed by atoms with E-state index in [-0.39, 0.29) is 12.7 Å². The van der Waals surface area contributed by atoms with Gasteiger partial charge >= 0.3 is 6.09 Å². The second-order valence-corrected chi connectivity index (χ2v) is 4.68. The Morgan fingerprint density at radius 3 is 3.20 bits per heavy atom. The van der Waals surface area contributed by atoms with Gasteiger partial charge in [0, 0.05) is 0 Å². The average Bonchev–Trinajstić information content (AvgIpc) is 2.79. The van der Waals surface area contributed by atoms with Gasteiger partial charge in [-0.1, -0.05) is 0 Å². The summed E-state index contributed by atoms with van der Waals surface area (Å²) >= 11 is 0. The topological polar surface area (TPSA) is 110 Å². The van der Waals surface area contributed by atoms with E-state index in [1.54, 1.807) is 12.1 Å². The van der Waals surface area contributed by atoms with Crippen molar-refractivity contribution in [2.45, 2.75) is 18.8 Å². The van der Waals surface area contributed by atoms with Gasteiger partial charge in [-0.15, -0.1) is 0 Å². The maximum Gasteiger partial charge on any atom is 0.415 e. The van der Waals surface area contributed by atoms with Crippen molar-refractivity contribution in [1.29, 1.82) is 0 Å². The minimum atomic E-state index is -0.805. The van der Waals surface area contributed by atoms with E-state index < -0.39 is 12.3 Å². The number of fused-ring (bicyclic) bond motifs is 1. The maximum atomic E-state index is 11.8. The molecule has 1 amide bonds. The van der Waals surface area contributed by atoms with Crippen LogP contribution >= 0.6 is 0 Å². The first-order valence-corrected chi connectivity index (χ1v) is 6.44. The van der Waals surface area contributed by atoms with E-state index in [9.17, 15) is 9.90 Å². The molecule has 2 aliphatic rings. The summed E-state index contributed by atoms with van der Waals surface area (Å²) in [4.78, 5) is 17.6. The van der Waals surface area contributed by atoms with Crippen LogP contribution in [0.3, 0.4) is 0 Å². The van der Waals surface area contributed by atoms with Crippen LogP contribution < -0.4 is 20.7 Å². The second-order valence-electron chi connectivity index (χ2n) is 4.68. The first-order chi connectivity index (χ1) is 9.67. The first kappa shape index (κ1) is 12.9. The van der Waals surface area contributed by atoms with Crippen LogP contribution in [0.2, 0.25) is 0 Å². The van der Waals surface area contributed by atoms with Gasteiger partial charge in [0.15, 0.2) is 17.8 Å². The number of anilines is 2. The third-order valence-electron chi connectivity index (χ3n) is 3.18. The summed E-state index contributed by atoms with van der Waals surface area (Å²) in [7, 11) is 0. The van der Waals surface area contributed by atoms with E-state index in [4.69, 9.17) is 15.2 Å². The standard InChI is InChI=1S/C12H16N4O4/c13-4-3-7-5-16(12(18)20-7)9-2-1-8-11(14-9)15-10(17)6-19-8/h1-2,7,10,17H,3-6,13H2,(H,14,15). The average molecular weight is 280 g/mol. The Bertz CT molecular complexity index is 524. The van der Waals surface area contributed by atoms with Crippen molar-refractivity contribution in [3.05, 3.63) is 12.1 Å². The molecule has 20 heavy (non-hydrogen) atoms. The molecule has 2 aliphatic heterocycles. The quantitative estimate of drug-likeness (QED) is 0.708. The summed E-state index contributed by atoms with van der Waals surface area (Å²) < 4.78 is 10.5. The van der Waals surface area contributed by atoms with Gasteiger partial charge in [-0.3, -0.25) is 4.90 Å². The zero-order chi connectivity index (χ0) is 14.1. The third-order valence-corrected chi connectivity index (χ3v) is 3.18. The van der Waals surface area contributed by atoms with Crippen LogP contribution in [0.5, 0.6) is 5.75 Å². The fourth-order valence-electron chi connectivity index (χ4n) is 2.22. The van der Waals surface area contributed by atoms with Crippen LogP contribution in [0, 0.1) is 0 Å². The van der Waals surface area contributed by atoms with Gasteiger partial charge < -0.3 is 25.6 Å². The van der Waals surface area contributed by atoms with Crippen molar-refractivity contribution in [2.24, 2.45) is 5.73 Å². The molecule has 4 N–H and O–H groups in total. The largest absolute Gasteiger partial charge is 0.485 e. The predicted molar refractivity (Wildman–Crippen MR) is 70.6 cm³/mol. The fourth-order valence-corrected chi connectivity index (χ4v) is 2.22. The lowest BCUT2D eigenvalue weighted by molar-refractivity contribution is 0.118. The molecule has 0 spiro atoms. The second kappa shape index (κ2) is 5.14. The monoisotopic (exact) mass is 280 g/mol. The number of aliphatic hydroxyl groups is 1. The summed E-state index contributed by atoms with van der Waals surface area (Å²) in [6.07, 6.45) is -0.832. The molecule has 2 unspecified atom stereocenters. The molecule has 1 aromatic rings. The highest BCUT2D eigenvalue weighted by molar-refractivity contribution is 5.89. The van der Waals surface area contributed by atoms with Crippen LogP contribution in [0.4, 0.5) is 16.4 Å². The maximum absolute atomic E-state index is 11.8. The van der Waals surface area contributed by atoms with Crippen LogP contribution in [0.1, 0.15) is 6.42 Å². The van der Waals surface area contributed by atoms with E-state index in [0.29, 0.717) is 36.9 Å². The van der Waals surface area contributed by atoms with Crippen molar-refractivity contribution in [3.63, 3.8) is 0 Å². The van der Waals surface area contributed by atoms with Crippen LogP contribution in [-0.2, 0) is 4.74 Å². The van der Waals surface area contributed by atoms with Gasteiger partial charge in [-0.2, -0.15) is 0 Å². The summed E-state index contributed by atoms with van der Waals surface area (Å²) in [5, 5.41) is 12.3. The number of nitrogens with zero attached hydrogens (tertiary/aromatic N) is 2. The minimum Gasteiger partial charge on any atom is -0.485 e. The zero-order valence-corrected chi connectivity index (χ0v) is 10.8. The molecular weight excluding hydrogens is 264 g/mol. The van der Waals surface area contributed by atoms with E-state index in [2.05, 4.69) is 10.3 Å². The number of hydrogen-bond donors (Lipinski definition) is 3. The Labute approximate surface area is 115 Å².